The third kappa shape index (κ3) is 4.06. The second-order valence-electron chi connectivity index (χ2n) is 4.28. The zero-order valence-corrected chi connectivity index (χ0v) is 11.6. The maximum absolute atomic E-state index is 11.0. The Hall–Kier alpha value is -0.670. The predicted molar refractivity (Wildman–Crippen MR) is 70.5 cm³/mol. The van der Waals surface area contributed by atoms with Crippen molar-refractivity contribution < 1.29 is 4.79 Å². The van der Waals surface area contributed by atoms with Gasteiger partial charge in [-0.2, -0.15) is 0 Å². The van der Waals surface area contributed by atoms with Gasteiger partial charge in [-0.3, -0.25) is 0 Å². The minimum atomic E-state index is 0.252. The highest BCUT2D eigenvalue weighted by molar-refractivity contribution is 9.10. The van der Waals surface area contributed by atoms with E-state index in [1.54, 1.807) is 6.92 Å². The molecule has 16 heavy (non-hydrogen) atoms. The molecule has 1 atom stereocenters. The van der Waals surface area contributed by atoms with Crippen LogP contribution in [0.4, 0.5) is 0 Å². The molecule has 0 bridgehead atoms. The van der Waals surface area contributed by atoms with Crippen molar-refractivity contribution in [2.45, 2.75) is 25.8 Å². The topological polar surface area (TPSA) is 20.3 Å². The van der Waals surface area contributed by atoms with Crippen LogP contribution in [0.5, 0.6) is 0 Å². The number of ketones is 1. The molecule has 3 heteroatoms. The quantitative estimate of drug-likeness (QED) is 0.825. The van der Waals surface area contributed by atoms with Crippen LogP contribution in [0.3, 0.4) is 0 Å². The Labute approximate surface area is 106 Å². The molecule has 0 amide bonds. The van der Waals surface area contributed by atoms with Crippen LogP contribution in [0.25, 0.3) is 0 Å². The SMILES string of the molecule is CC(=O)CCC(c1cccc(Br)c1)N(C)C. The summed E-state index contributed by atoms with van der Waals surface area (Å²) in [6.45, 7) is 1.65. The van der Waals surface area contributed by atoms with Crippen LogP contribution in [0.1, 0.15) is 31.4 Å². The first-order chi connectivity index (χ1) is 7.50. The molecule has 88 valence electrons. The van der Waals surface area contributed by atoms with E-state index in [4.69, 9.17) is 0 Å². The summed E-state index contributed by atoms with van der Waals surface area (Å²) in [4.78, 5) is 13.2. The lowest BCUT2D eigenvalue weighted by molar-refractivity contribution is -0.117. The van der Waals surface area contributed by atoms with Gasteiger partial charge in [0.25, 0.3) is 0 Å². The van der Waals surface area contributed by atoms with Gasteiger partial charge in [0.1, 0.15) is 5.78 Å². The lowest BCUT2D eigenvalue weighted by Gasteiger charge is -2.24. The number of halogens is 1. The Bertz CT molecular complexity index is 363. The summed E-state index contributed by atoms with van der Waals surface area (Å²) in [6.07, 6.45) is 1.51. The molecule has 2 nitrogen and oxygen atoms in total. The van der Waals surface area contributed by atoms with Crippen molar-refractivity contribution in [3.63, 3.8) is 0 Å². The second-order valence-corrected chi connectivity index (χ2v) is 5.19. The van der Waals surface area contributed by atoms with E-state index in [0.29, 0.717) is 12.5 Å². The van der Waals surface area contributed by atoms with Crippen LogP contribution in [0, 0.1) is 0 Å². The van der Waals surface area contributed by atoms with Gasteiger partial charge < -0.3 is 9.69 Å². The van der Waals surface area contributed by atoms with Crippen LogP contribution in [-0.2, 0) is 4.79 Å². The summed E-state index contributed by atoms with van der Waals surface area (Å²) in [6, 6.07) is 8.58. The van der Waals surface area contributed by atoms with Crippen molar-refractivity contribution in [3.05, 3.63) is 34.3 Å². The summed E-state index contributed by atoms with van der Waals surface area (Å²) < 4.78 is 1.08. The maximum atomic E-state index is 11.0. The molecule has 0 aliphatic carbocycles. The van der Waals surface area contributed by atoms with Crippen molar-refractivity contribution in [2.75, 3.05) is 14.1 Å². The fraction of sp³-hybridized carbons (Fsp3) is 0.462. The van der Waals surface area contributed by atoms with E-state index in [1.165, 1.54) is 5.56 Å². The molecular formula is C13H18BrNO. The van der Waals surface area contributed by atoms with E-state index in [-0.39, 0.29) is 5.78 Å². The minimum Gasteiger partial charge on any atom is -0.302 e. The van der Waals surface area contributed by atoms with E-state index in [9.17, 15) is 4.79 Å². The Balaban J connectivity index is 2.81. The van der Waals surface area contributed by atoms with Gasteiger partial charge in [-0.25, -0.2) is 0 Å². The van der Waals surface area contributed by atoms with Crippen LogP contribution in [0.15, 0.2) is 28.7 Å². The zero-order chi connectivity index (χ0) is 12.1. The van der Waals surface area contributed by atoms with Gasteiger partial charge in [-0.15, -0.1) is 0 Å². The fourth-order valence-electron chi connectivity index (χ4n) is 1.78. The molecule has 0 aromatic heterocycles. The van der Waals surface area contributed by atoms with E-state index in [2.05, 4.69) is 33.0 Å². The molecule has 0 heterocycles. The second kappa shape index (κ2) is 6.16. The lowest BCUT2D eigenvalue weighted by atomic mass is 10.00. The third-order valence-electron chi connectivity index (χ3n) is 2.63. The average molecular weight is 284 g/mol. The molecular weight excluding hydrogens is 266 g/mol. The zero-order valence-electron chi connectivity index (χ0n) is 10.0. The van der Waals surface area contributed by atoms with Crippen LogP contribution >= 0.6 is 15.9 Å². The summed E-state index contributed by atoms with van der Waals surface area (Å²) >= 11 is 3.47. The minimum absolute atomic E-state index is 0.252. The van der Waals surface area contributed by atoms with Crippen molar-refractivity contribution in [3.8, 4) is 0 Å². The molecule has 0 saturated carbocycles. The van der Waals surface area contributed by atoms with Crippen molar-refractivity contribution in [2.24, 2.45) is 0 Å². The molecule has 0 aliphatic rings. The first kappa shape index (κ1) is 13.4. The number of hydrogen-bond donors (Lipinski definition) is 0. The molecule has 0 N–H and O–H groups in total. The first-order valence-corrected chi connectivity index (χ1v) is 6.21. The van der Waals surface area contributed by atoms with Crippen molar-refractivity contribution >= 4 is 21.7 Å². The number of carbonyl (C=O) groups excluding carboxylic acids is 1. The lowest BCUT2D eigenvalue weighted by Crippen LogP contribution is -2.20. The average Bonchev–Trinajstić information content (AvgIpc) is 2.17. The van der Waals surface area contributed by atoms with Gasteiger partial charge in [0, 0.05) is 16.9 Å². The Morgan fingerprint density at radius 3 is 2.62 bits per heavy atom. The summed E-state index contributed by atoms with van der Waals surface area (Å²) in [5.41, 5.74) is 1.25. The summed E-state index contributed by atoms with van der Waals surface area (Å²) in [5, 5.41) is 0. The largest absolute Gasteiger partial charge is 0.302 e. The molecule has 0 saturated heterocycles. The highest BCUT2D eigenvalue weighted by atomic mass is 79.9. The Kier molecular flexibility index (Phi) is 5.16. The molecule has 0 radical (unpaired) electrons. The van der Waals surface area contributed by atoms with Gasteiger partial charge in [0.05, 0.1) is 0 Å². The number of Topliss-reactive ketones (excluding diaryl/α,β-unsaturated/α-hetero) is 1. The van der Waals surface area contributed by atoms with Crippen LogP contribution in [0.2, 0.25) is 0 Å². The molecule has 0 aliphatic heterocycles. The molecule has 1 aromatic carbocycles. The van der Waals surface area contributed by atoms with Crippen LogP contribution in [-0.4, -0.2) is 24.8 Å². The number of hydrogen-bond acceptors (Lipinski definition) is 2. The Morgan fingerprint density at radius 1 is 1.44 bits per heavy atom. The monoisotopic (exact) mass is 283 g/mol. The number of rotatable bonds is 5. The molecule has 1 rings (SSSR count). The van der Waals surface area contributed by atoms with E-state index in [1.807, 2.05) is 26.2 Å². The highest BCUT2D eigenvalue weighted by Crippen LogP contribution is 2.25. The van der Waals surface area contributed by atoms with Gasteiger partial charge in [-0.1, -0.05) is 28.1 Å². The van der Waals surface area contributed by atoms with Gasteiger partial charge in [-0.05, 0) is 45.1 Å². The van der Waals surface area contributed by atoms with Crippen molar-refractivity contribution in [1.29, 1.82) is 0 Å². The number of benzene rings is 1. The number of carbonyl (C=O) groups is 1. The van der Waals surface area contributed by atoms with Gasteiger partial charge in [0.15, 0.2) is 0 Å². The molecule has 0 spiro atoms. The molecule has 1 aromatic rings. The normalized spacial score (nSPS) is 12.8. The standard InChI is InChI=1S/C13H18BrNO/c1-10(16)7-8-13(15(2)3)11-5-4-6-12(14)9-11/h4-6,9,13H,7-8H2,1-3H3. The summed E-state index contributed by atoms with van der Waals surface area (Å²) in [5.74, 6) is 0.252. The smallest absolute Gasteiger partial charge is 0.129 e. The third-order valence-corrected chi connectivity index (χ3v) is 3.12. The van der Waals surface area contributed by atoms with Gasteiger partial charge in [0.2, 0.25) is 0 Å². The van der Waals surface area contributed by atoms with Gasteiger partial charge >= 0.3 is 0 Å². The molecule has 1 unspecified atom stereocenters. The molecule has 0 fully saturated rings. The van der Waals surface area contributed by atoms with E-state index < -0.39 is 0 Å². The van der Waals surface area contributed by atoms with Crippen molar-refractivity contribution in [1.82, 2.24) is 4.90 Å². The summed E-state index contributed by atoms with van der Waals surface area (Å²) in [7, 11) is 4.09. The Morgan fingerprint density at radius 2 is 2.12 bits per heavy atom. The van der Waals surface area contributed by atoms with E-state index in [0.717, 1.165) is 10.9 Å². The van der Waals surface area contributed by atoms with E-state index >= 15 is 0 Å². The predicted octanol–water partition coefficient (Wildman–Crippen LogP) is 3.42. The first-order valence-electron chi connectivity index (χ1n) is 5.42. The van der Waals surface area contributed by atoms with Crippen LogP contribution < -0.4 is 0 Å². The number of nitrogens with zero attached hydrogens (tertiary/aromatic N) is 1. The fourth-order valence-corrected chi connectivity index (χ4v) is 2.19. The highest BCUT2D eigenvalue weighted by Gasteiger charge is 2.14. The maximum Gasteiger partial charge on any atom is 0.129 e.